The van der Waals surface area contributed by atoms with Gasteiger partial charge in [-0.15, -0.1) is 0 Å². The van der Waals surface area contributed by atoms with Crippen LogP contribution < -0.4 is 5.73 Å². The van der Waals surface area contributed by atoms with E-state index in [1.807, 2.05) is 6.92 Å². The molecule has 3 nitrogen and oxygen atoms in total. The smallest absolute Gasteiger partial charge is 0.307 e. The fourth-order valence-electron chi connectivity index (χ4n) is 1.06. The lowest BCUT2D eigenvalue weighted by atomic mass is 9.84. The highest BCUT2D eigenvalue weighted by Gasteiger charge is 2.26. The number of hydrogen-bond donors (Lipinski definition) is 2. The van der Waals surface area contributed by atoms with Gasteiger partial charge in [-0.3, -0.25) is 4.79 Å². The molecule has 0 aliphatic heterocycles. The van der Waals surface area contributed by atoms with Crippen molar-refractivity contribution in [2.45, 2.75) is 33.7 Å². The van der Waals surface area contributed by atoms with Crippen molar-refractivity contribution < 1.29 is 9.90 Å². The van der Waals surface area contributed by atoms with Crippen LogP contribution >= 0.6 is 0 Å². The highest BCUT2D eigenvalue weighted by atomic mass is 16.4. The number of carboxylic acids is 1. The molecule has 0 heterocycles. The van der Waals surface area contributed by atoms with Crippen LogP contribution in [0.3, 0.4) is 0 Å². The van der Waals surface area contributed by atoms with Gasteiger partial charge in [0.1, 0.15) is 0 Å². The summed E-state index contributed by atoms with van der Waals surface area (Å²) >= 11 is 0. The summed E-state index contributed by atoms with van der Waals surface area (Å²) < 4.78 is 0. The van der Waals surface area contributed by atoms with Gasteiger partial charge in [-0.05, 0) is 11.8 Å². The predicted octanol–water partition coefficient (Wildman–Crippen LogP) is 1.33. The van der Waals surface area contributed by atoms with Gasteiger partial charge < -0.3 is 10.8 Å². The van der Waals surface area contributed by atoms with E-state index < -0.39 is 11.9 Å². The van der Waals surface area contributed by atoms with E-state index in [2.05, 4.69) is 13.8 Å². The van der Waals surface area contributed by atoms with Gasteiger partial charge in [0, 0.05) is 6.04 Å². The van der Waals surface area contributed by atoms with Gasteiger partial charge in [-0.1, -0.05) is 27.7 Å². The molecule has 72 valence electrons. The molecular formula is C9H19NO2. The number of rotatable bonds is 4. The van der Waals surface area contributed by atoms with Crippen LogP contribution in [0.1, 0.15) is 27.7 Å². The van der Waals surface area contributed by atoms with Crippen LogP contribution in [0.2, 0.25) is 0 Å². The van der Waals surface area contributed by atoms with Crippen LogP contribution in [-0.2, 0) is 4.79 Å². The zero-order chi connectivity index (χ0) is 9.89. The average molecular weight is 173 g/mol. The Kier molecular flexibility index (Phi) is 4.24. The summed E-state index contributed by atoms with van der Waals surface area (Å²) in [7, 11) is 0. The quantitative estimate of drug-likeness (QED) is 0.674. The maximum Gasteiger partial charge on any atom is 0.307 e. The molecule has 3 atom stereocenters. The summed E-state index contributed by atoms with van der Waals surface area (Å²) in [5.74, 6) is -0.588. The van der Waals surface area contributed by atoms with Crippen molar-refractivity contribution in [2.24, 2.45) is 23.5 Å². The van der Waals surface area contributed by atoms with E-state index in [-0.39, 0.29) is 12.0 Å². The molecule has 0 aromatic carbocycles. The Morgan fingerprint density at radius 1 is 1.25 bits per heavy atom. The SMILES string of the molecule is CC(C)[C@@H](C)[C@H](N)C(C)C(=O)O. The van der Waals surface area contributed by atoms with Crippen molar-refractivity contribution in [3.8, 4) is 0 Å². The first-order chi connectivity index (χ1) is 5.37. The standard InChI is InChI=1S/C9H19NO2/c1-5(2)6(3)8(10)7(4)9(11)12/h5-8H,10H2,1-4H3,(H,11,12)/t6-,7?,8+/m1/s1. The monoisotopic (exact) mass is 173 g/mol. The molecule has 0 aliphatic carbocycles. The number of carboxylic acid groups (broad SMARTS) is 1. The molecule has 0 spiro atoms. The third-order valence-corrected chi connectivity index (χ3v) is 2.63. The van der Waals surface area contributed by atoms with Crippen molar-refractivity contribution in [1.29, 1.82) is 0 Å². The fraction of sp³-hybridized carbons (Fsp3) is 0.889. The molecule has 0 radical (unpaired) electrons. The van der Waals surface area contributed by atoms with Gasteiger partial charge in [0.05, 0.1) is 5.92 Å². The summed E-state index contributed by atoms with van der Waals surface area (Å²) in [5.41, 5.74) is 5.78. The molecule has 0 aromatic rings. The summed E-state index contributed by atoms with van der Waals surface area (Å²) in [6.07, 6.45) is 0. The lowest BCUT2D eigenvalue weighted by Crippen LogP contribution is -2.40. The van der Waals surface area contributed by atoms with Crippen LogP contribution in [0.15, 0.2) is 0 Å². The van der Waals surface area contributed by atoms with Crippen molar-refractivity contribution in [3.05, 3.63) is 0 Å². The lowest BCUT2D eigenvalue weighted by molar-refractivity contribution is -0.142. The third-order valence-electron chi connectivity index (χ3n) is 2.63. The van der Waals surface area contributed by atoms with Crippen molar-refractivity contribution in [3.63, 3.8) is 0 Å². The Bertz CT molecular complexity index is 157. The first-order valence-electron chi connectivity index (χ1n) is 4.36. The van der Waals surface area contributed by atoms with Gasteiger partial charge in [0.2, 0.25) is 0 Å². The van der Waals surface area contributed by atoms with Crippen molar-refractivity contribution >= 4 is 5.97 Å². The molecule has 0 aliphatic rings. The van der Waals surface area contributed by atoms with Gasteiger partial charge in [-0.2, -0.15) is 0 Å². The topological polar surface area (TPSA) is 63.3 Å². The van der Waals surface area contributed by atoms with Crippen LogP contribution in [0.5, 0.6) is 0 Å². The second-order valence-corrected chi connectivity index (χ2v) is 3.81. The van der Waals surface area contributed by atoms with Crippen LogP contribution in [0, 0.1) is 17.8 Å². The Morgan fingerprint density at radius 3 is 1.92 bits per heavy atom. The number of hydrogen-bond acceptors (Lipinski definition) is 2. The van der Waals surface area contributed by atoms with Crippen LogP contribution in [0.4, 0.5) is 0 Å². The first kappa shape index (κ1) is 11.4. The second kappa shape index (κ2) is 4.45. The summed E-state index contributed by atoms with van der Waals surface area (Å²) in [5, 5.41) is 8.70. The van der Waals surface area contributed by atoms with E-state index in [0.717, 1.165) is 0 Å². The van der Waals surface area contributed by atoms with E-state index in [0.29, 0.717) is 5.92 Å². The van der Waals surface area contributed by atoms with E-state index in [1.165, 1.54) is 0 Å². The van der Waals surface area contributed by atoms with Crippen molar-refractivity contribution in [1.82, 2.24) is 0 Å². The summed E-state index contributed by atoms with van der Waals surface area (Å²) in [6, 6.07) is -0.248. The van der Waals surface area contributed by atoms with Gasteiger partial charge >= 0.3 is 5.97 Å². The van der Waals surface area contributed by atoms with E-state index >= 15 is 0 Å². The Hall–Kier alpha value is -0.570. The van der Waals surface area contributed by atoms with Gasteiger partial charge in [-0.25, -0.2) is 0 Å². The second-order valence-electron chi connectivity index (χ2n) is 3.81. The molecule has 3 heteroatoms. The molecule has 0 aromatic heterocycles. The minimum Gasteiger partial charge on any atom is -0.481 e. The highest BCUT2D eigenvalue weighted by Crippen LogP contribution is 2.18. The maximum atomic E-state index is 10.6. The fourth-order valence-corrected chi connectivity index (χ4v) is 1.06. The zero-order valence-electron chi connectivity index (χ0n) is 8.24. The third kappa shape index (κ3) is 2.81. The van der Waals surface area contributed by atoms with E-state index in [4.69, 9.17) is 10.8 Å². The van der Waals surface area contributed by atoms with Crippen LogP contribution in [0.25, 0.3) is 0 Å². The van der Waals surface area contributed by atoms with E-state index in [1.54, 1.807) is 6.92 Å². The Balaban J connectivity index is 4.18. The number of carbonyl (C=O) groups is 1. The molecule has 0 bridgehead atoms. The molecule has 12 heavy (non-hydrogen) atoms. The number of aliphatic carboxylic acids is 1. The summed E-state index contributed by atoms with van der Waals surface area (Å²) in [4.78, 5) is 10.6. The van der Waals surface area contributed by atoms with Gasteiger partial charge in [0.15, 0.2) is 0 Å². The lowest BCUT2D eigenvalue weighted by Gasteiger charge is -2.26. The van der Waals surface area contributed by atoms with E-state index in [9.17, 15) is 4.79 Å². The largest absolute Gasteiger partial charge is 0.481 e. The minimum atomic E-state index is -0.810. The molecule has 0 saturated carbocycles. The molecular weight excluding hydrogens is 154 g/mol. The predicted molar refractivity (Wildman–Crippen MR) is 48.8 cm³/mol. The average Bonchev–Trinajstić information content (AvgIpc) is 2.00. The molecule has 1 unspecified atom stereocenters. The Morgan fingerprint density at radius 2 is 1.67 bits per heavy atom. The van der Waals surface area contributed by atoms with Gasteiger partial charge in [0.25, 0.3) is 0 Å². The minimum absolute atomic E-state index is 0.246. The zero-order valence-corrected chi connectivity index (χ0v) is 8.24. The molecule has 0 fully saturated rings. The number of nitrogens with two attached hydrogens (primary N) is 1. The van der Waals surface area contributed by atoms with Crippen LogP contribution in [-0.4, -0.2) is 17.1 Å². The maximum absolute atomic E-state index is 10.6. The molecule has 0 amide bonds. The van der Waals surface area contributed by atoms with Crippen molar-refractivity contribution in [2.75, 3.05) is 0 Å². The highest BCUT2D eigenvalue weighted by molar-refractivity contribution is 5.70. The summed E-state index contributed by atoms with van der Waals surface area (Å²) in [6.45, 7) is 7.76. The Labute approximate surface area is 74.0 Å². The first-order valence-corrected chi connectivity index (χ1v) is 4.36. The molecule has 3 N–H and O–H groups in total. The molecule has 0 saturated heterocycles. The molecule has 0 rings (SSSR count). The normalized spacial score (nSPS) is 18.8.